The highest BCUT2D eigenvalue weighted by Crippen LogP contribution is 2.29. The lowest BCUT2D eigenvalue weighted by atomic mass is 9.90. The summed E-state index contributed by atoms with van der Waals surface area (Å²) in [6.45, 7) is 2.08. The molecule has 2 heterocycles. The summed E-state index contributed by atoms with van der Waals surface area (Å²) in [5.41, 5.74) is 1.78. The highest BCUT2D eigenvalue weighted by Gasteiger charge is 2.22. The van der Waals surface area contributed by atoms with Crippen molar-refractivity contribution in [2.24, 2.45) is 5.92 Å². The Hall–Kier alpha value is -3.35. The number of ether oxygens (including phenoxy) is 2. The second-order valence-corrected chi connectivity index (χ2v) is 8.58. The van der Waals surface area contributed by atoms with Gasteiger partial charge in [-0.25, -0.2) is 4.98 Å². The van der Waals surface area contributed by atoms with Gasteiger partial charge in [0.15, 0.2) is 11.5 Å². The van der Waals surface area contributed by atoms with Crippen molar-refractivity contribution in [2.45, 2.75) is 38.6 Å². The Morgan fingerprint density at radius 3 is 2.45 bits per heavy atom. The SMILES string of the molecule is COc1cc2ncn(CCCC(=O)N3CCC(Cc4ccccc4)CC3)c(=O)c2cc1OC. The normalized spacial score (nSPS) is 14.4. The zero-order chi connectivity index (χ0) is 23.2. The molecule has 174 valence electrons. The Bertz CT molecular complexity index is 1150. The van der Waals surface area contributed by atoms with Gasteiger partial charge in [-0.05, 0) is 43.2 Å². The first-order chi connectivity index (χ1) is 16.1. The molecule has 33 heavy (non-hydrogen) atoms. The summed E-state index contributed by atoms with van der Waals surface area (Å²) in [5.74, 6) is 1.83. The number of rotatable bonds is 8. The minimum atomic E-state index is -0.143. The number of piperidine rings is 1. The summed E-state index contributed by atoms with van der Waals surface area (Å²) in [6, 6.07) is 13.9. The molecule has 1 aliphatic heterocycles. The molecule has 0 bridgehead atoms. The Kier molecular flexibility index (Phi) is 7.27. The monoisotopic (exact) mass is 449 g/mol. The van der Waals surface area contributed by atoms with E-state index >= 15 is 0 Å². The second-order valence-electron chi connectivity index (χ2n) is 8.58. The summed E-state index contributed by atoms with van der Waals surface area (Å²) < 4.78 is 12.2. The van der Waals surface area contributed by atoms with E-state index in [0.717, 1.165) is 32.4 Å². The third-order valence-electron chi connectivity index (χ3n) is 6.45. The summed E-state index contributed by atoms with van der Waals surface area (Å²) >= 11 is 0. The predicted octanol–water partition coefficient (Wildman–Crippen LogP) is 3.68. The number of hydrogen-bond acceptors (Lipinski definition) is 5. The first-order valence-corrected chi connectivity index (χ1v) is 11.5. The van der Waals surface area contributed by atoms with Gasteiger partial charge >= 0.3 is 0 Å². The molecule has 1 aliphatic rings. The van der Waals surface area contributed by atoms with Crippen LogP contribution < -0.4 is 15.0 Å². The predicted molar refractivity (Wildman–Crippen MR) is 128 cm³/mol. The fourth-order valence-corrected chi connectivity index (χ4v) is 4.54. The number of hydrogen-bond donors (Lipinski definition) is 0. The Morgan fingerprint density at radius 1 is 1.06 bits per heavy atom. The molecule has 0 aliphatic carbocycles. The van der Waals surface area contributed by atoms with Crippen molar-refractivity contribution in [3.8, 4) is 11.5 Å². The van der Waals surface area contributed by atoms with Gasteiger partial charge in [0.2, 0.25) is 5.91 Å². The van der Waals surface area contributed by atoms with Gasteiger partial charge in [0.25, 0.3) is 5.56 Å². The van der Waals surface area contributed by atoms with Crippen LogP contribution in [0.15, 0.2) is 53.6 Å². The summed E-state index contributed by atoms with van der Waals surface area (Å²) in [4.78, 5) is 31.9. The zero-order valence-corrected chi connectivity index (χ0v) is 19.3. The molecule has 1 amide bonds. The van der Waals surface area contributed by atoms with Crippen molar-refractivity contribution in [2.75, 3.05) is 27.3 Å². The average molecular weight is 450 g/mol. The van der Waals surface area contributed by atoms with Crippen LogP contribution in [0.2, 0.25) is 0 Å². The third-order valence-corrected chi connectivity index (χ3v) is 6.45. The minimum Gasteiger partial charge on any atom is -0.493 e. The lowest BCUT2D eigenvalue weighted by Gasteiger charge is -2.32. The maximum absolute atomic E-state index is 12.9. The molecular weight excluding hydrogens is 418 g/mol. The van der Waals surface area contributed by atoms with Gasteiger partial charge in [-0.1, -0.05) is 30.3 Å². The Labute approximate surface area is 194 Å². The van der Waals surface area contributed by atoms with Crippen LogP contribution in [0.5, 0.6) is 11.5 Å². The quantitative estimate of drug-likeness (QED) is 0.525. The van der Waals surface area contributed by atoms with Crippen molar-refractivity contribution in [3.63, 3.8) is 0 Å². The molecule has 2 aromatic carbocycles. The lowest BCUT2D eigenvalue weighted by Crippen LogP contribution is -2.39. The van der Waals surface area contributed by atoms with Gasteiger partial charge in [0.05, 0.1) is 31.4 Å². The molecule has 1 fully saturated rings. The summed E-state index contributed by atoms with van der Waals surface area (Å²) in [5, 5.41) is 0.474. The van der Waals surface area contributed by atoms with Crippen LogP contribution in [0.3, 0.4) is 0 Å². The molecule has 1 saturated heterocycles. The van der Waals surface area contributed by atoms with Gasteiger partial charge in [-0.15, -0.1) is 0 Å². The van der Waals surface area contributed by atoms with E-state index in [1.54, 1.807) is 23.8 Å². The number of aromatic nitrogens is 2. The van der Waals surface area contributed by atoms with Crippen LogP contribution in [0.1, 0.15) is 31.2 Å². The van der Waals surface area contributed by atoms with E-state index in [1.807, 2.05) is 11.0 Å². The molecule has 3 aromatic rings. The van der Waals surface area contributed by atoms with Gasteiger partial charge in [0.1, 0.15) is 0 Å². The van der Waals surface area contributed by atoms with Crippen LogP contribution in [0.4, 0.5) is 0 Å². The number of aryl methyl sites for hydroxylation is 1. The van der Waals surface area contributed by atoms with Crippen LogP contribution in [0.25, 0.3) is 10.9 Å². The topological polar surface area (TPSA) is 73.7 Å². The van der Waals surface area contributed by atoms with E-state index in [0.29, 0.717) is 47.7 Å². The number of carbonyl (C=O) groups excluding carboxylic acids is 1. The molecule has 7 heteroatoms. The number of amides is 1. The molecule has 4 rings (SSSR count). The van der Waals surface area contributed by atoms with Crippen molar-refractivity contribution < 1.29 is 14.3 Å². The average Bonchev–Trinajstić information content (AvgIpc) is 2.85. The van der Waals surface area contributed by atoms with Crippen molar-refractivity contribution in [1.29, 1.82) is 0 Å². The third kappa shape index (κ3) is 5.35. The maximum Gasteiger partial charge on any atom is 0.261 e. The van der Waals surface area contributed by atoms with Gasteiger partial charge in [0, 0.05) is 32.1 Å². The van der Waals surface area contributed by atoms with E-state index in [9.17, 15) is 9.59 Å². The smallest absolute Gasteiger partial charge is 0.261 e. The number of fused-ring (bicyclic) bond motifs is 1. The van der Waals surface area contributed by atoms with Crippen molar-refractivity contribution >= 4 is 16.8 Å². The minimum absolute atomic E-state index is 0.143. The molecule has 0 radical (unpaired) electrons. The van der Waals surface area contributed by atoms with Gasteiger partial charge in [-0.2, -0.15) is 0 Å². The molecule has 0 N–H and O–H groups in total. The Morgan fingerprint density at radius 2 is 1.76 bits per heavy atom. The molecule has 0 saturated carbocycles. The molecular formula is C26H31N3O4. The number of benzene rings is 2. The van der Waals surface area contributed by atoms with E-state index in [1.165, 1.54) is 19.0 Å². The Balaban J connectivity index is 1.30. The largest absolute Gasteiger partial charge is 0.493 e. The fraction of sp³-hybridized carbons (Fsp3) is 0.423. The van der Waals surface area contributed by atoms with Gasteiger partial charge < -0.3 is 14.4 Å². The molecule has 0 atom stereocenters. The number of carbonyl (C=O) groups is 1. The van der Waals surface area contributed by atoms with E-state index in [2.05, 4.69) is 29.2 Å². The van der Waals surface area contributed by atoms with E-state index < -0.39 is 0 Å². The lowest BCUT2D eigenvalue weighted by molar-refractivity contribution is -0.132. The molecule has 0 unspecified atom stereocenters. The second kappa shape index (κ2) is 10.5. The fourth-order valence-electron chi connectivity index (χ4n) is 4.54. The molecule has 0 spiro atoms. The van der Waals surface area contributed by atoms with E-state index in [-0.39, 0.29) is 11.5 Å². The van der Waals surface area contributed by atoms with Gasteiger partial charge in [-0.3, -0.25) is 14.2 Å². The first-order valence-electron chi connectivity index (χ1n) is 11.5. The zero-order valence-electron chi connectivity index (χ0n) is 19.3. The maximum atomic E-state index is 12.9. The molecule has 7 nitrogen and oxygen atoms in total. The summed E-state index contributed by atoms with van der Waals surface area (Å²) in [7, 11) is 3.09. The highest BCUT2D eigenvalue weighted by atomic mass is 16.5. The standard InChI is InChI=1S/C26H31N3O4/c1-32-23-16-21-22(17-24(23)33-2)27-18-29(26(21)31)12-6-9-25(30)28-13-10-20(11-14-28)15-19-7-4-3-5-8-19/h3-5,7-8,16-18,20H,6,9-15H2,1-2H3. The van der Waals surface area contributed by atoms with Crippen LogP contribution in [0, 0.1) is 5.92 Å². The van der Waals surface area contributed by atoms with Crippen LogP contribution in [-0.4, -0.2) is 47.7 Å². The summed E-state index contributed by atoms with van der Waals surface area (Å²) in [6.07, 6.45) is 5.73. The first kappa shape index (κ1) is 22.8. The molecule has 1 aromatic heterocycles. The number of likely N-dealkylation sites (tertiary alicyclic amines) is 1. The van der Waals surface area contributed by atoms with Crippen molar-refractivity contribution in [3.05, 3.63) is 64.7 Å². The highest BCUT2D eigenvalue weighted by molar-refractivity contribution is 5.81. The van der Waals surface area contributed by atoms with Crippen LogP contribution in [-0.2, 0) is 17.8 Å². The van der Waals surface area contributed by atoms with Crippen LogP contribution >= 0.6 is 0 Å². The van der Waals surface area contributed by atoms with Crippen molar-refractivity contribution in [1.82, 2.24) is 14.5 Å². The number of methoxy groups -OCH3 is 2. The van der Waals surface area contributed by atoms with E-state index in [4.69, 9.17) is 9.47 Å². The number of nitrogens with zero attached hydrogens (tertiary/aromatic N) is 3.